The maximum absolute atomic E-state index is 13.3. The minimum absolute atomic E-state index is 0.191. The van der Waals surface area contributed by atoms with Crippen LogP contribution in [0.4, 0.5) is 4.39 Å². The average molecular weight is 372 g/mol. The van der Waals surface area contributed by atoms with Crippen molar-refractivity contribution in [3.05, 3.63) is 43.6 Å². The van der Waals surface area contributed by atoms with E-state index in [1.807, 2.05) is 22.6 Å². The number of aromatic hydroxyl groups is 1. The monoisotopic (exact) mass is 372 g/mol. The van der Waals surface area contributed by atoms with Crippen LogP contribution >= 0.6 is 22.6 Å². The number of benzene rings is 1. The van der Waals surface area contributed by atoms with Crippen molar-refractivity contribution >= 4 is 22.6 Å². The minimum Gasteiger partial charge on any atom is -0.508 e. The number of hydrogen-bond acceptors (Lipinski definition) is 3. The highest BCUT2D eigenvalue weighted by atomic mass is 127. The van der Waals surface area contributed by atoms with Gasteiger partial charge in [-0.05, 0) is 47.6 Å². The second-order valence-electron chi connectivity index (χ2n) is 4.59. The van der Waals surface area contributed by atoms with E-state index < -0.39 is 5.82 Å². The van der Waals surface area contributed by atoms with E-state index in [2.05, 4.69) is 9.97 Å². The van der Waals surface area contributed by atoms with Gasteiger partial charge in [0, 0.05) is 17.5 Å². The molecule has 19 heavy (non-hydrogen) atoms. The number of aromatic nitrogens is 2. The zero-order valence-corrected chi connectivity index (χ0v) is 11.9. The third kappa shape index (κ3) is 2.49. The fourth-order valence-corrected chi connectivity index (χ4v) is 2.65. The first kappa shape index (κ1) is 12.6. The van der Waals surface area contributed by atoms with E-state index in [1.165, 1.54) is 12.1 Å². The van der Waals surface area contributed by atoms with Crippen molar-refractivity contribution in [1.82, 2.24) is 9.97 Å². The highest BCUT2D eigenvalue weighted by Gasteiger charge is 2.29. The third-order valence-corrected chi connectivity index (χ3v) is 4.05. The van der Waals surface area contributed by atoms with Gasteiger partial charge in [-0.1, -0.05) is 0 Å². The lowest BCUT2D eigenvalue weighted by Crippen LogP contribution is -2.16. The SMILES string of the molecule is O=c1[nH]c(-c2cc(O)cc(F)c2)nc(C2CC2)c1I. The van der Waals surface area contributed by atoms with Gasteiger partial charge in [0.15, 0.2) is 0 Å². The number of nitrogens with one attached hydrogen (secondary N) is 1. The van der Waals surface area contributed by atoms with Crippen LogP contribution in [0.25, 0.3) is 11.4 Å². The van der Waals surface area contributed by atoms with Gasteiger partial charge in [-0.2, -0.15) is 0 Å². The van der Waals surface area contributed by atoms with Crippen LogP contribution in [0, 0.1) is 9.39 Å². The maximum atomic E-state index is 13.3. The van der Waals surface area contributed by atoms with E-state index >= 15 is 0 Å². The zero-order chi connectivity index (χ0) is 13.6. The molecule has 1 aromatic heterocycles. The molecule has 0 radical (unpaired) electrons. The maximum Gasteiger partial charge on any atom is 0.264 e. The molecule has 1 aromatic carbocycles. The summed E-state index contributed by atoms with van der Waals surface area (Å²) in [5.41, 5.74) is 0.909. The van der Waals surface area contributed by atoms with Gasteiger partial charge < -0.3 is 10.1 Å². The predicted octanol–water partition coefficient (Wildman–Crippen LogP) is 2.76. The van der Waals surface area contributed by atoms with Gasteiger partial charge in [-0.3, -0.25) is 4.79 Å². The number of rotatable bonds is 2. The quantitative estimate of drug-likeness (QED) is 0.797. The van der Waals surface area contributed by atoms with Crippen LogP contribution in [-0.4, -0.2) is 15.1 Å². The molecule has 98 valence electrons. The van der Waals surface area contributed by atoms with Gasteiger partial charge in [-0.25, -0.2) is 9.37 Å². The number of halogens is 2. The molecule has 0 bridgehead atoms. The standard InChI is InChI=1S/C13H10FIN2O2/c14-8-3-7(4-9(18)5-8)12-16-11(6-1-2-6)10(15)13(19)17-12/h3-6,18H,1-2H2,(H,16,17,19). The molecule has 0 atom stereocenters. The van der Waals surface area contributed by atoms with Crippen molar-refractivity contribution in [2.45, 2.75) is 18.8 Å². The Morgan fingerprint density at radius 2 is 2.11 bits per heavy atom. The van der Waals surface area contributed by atoms with E-state index in [-0.39, 0.29) is 11.3 Å². The number of hydrogen-bond donors (Lipinski definition) is 2. The highest BCUT2D eigenvalue weighted by molar-refractivity contribution is 14.1. The van der Waals surface area contributed by atoms with E-state index in [0.29, 0.717) is 20.9 Å². The molecule has 2 aromatic rings. The molecule has 1 aliphatic carbocycles. The fraction of sp³-hybridized carbons (Fsp3) is 0.231. The van der Waals surface area contributed by atoms with Crippen LogP contribution < -0.4 is 5.56 Å². The normalized spacial score (nSPS) is 14.6. The van der Waals surface area contributed by atoms with Crippen LogP contribution in [-0.2, 0) is 0 Å². The van der Waals surface area contributed by atoms with E-state index in [9.17, 15) is 14.3 Å². The van der Waals surface area contributed by atoms with Gasteiger partial charge in [0.25, 0.3) is 5.56 Å². The summed E-state index contributed by atoms with van der Waals surface area (Å²) in [7, 11) is 0. The number of phenols is 1. The molecule has 0 aliphatic heterocycles. The lowest BCUT2D eigenvalue weighted by atomic mass is 10.2. The van der Waals surface area contributed by atoms with Crippen LogP contribution in [0.1, 0.15) is 24.5 Å². The molecule has 3 rings (SSSR count). The number of phenolic OH excluding ortho intramolecular Hbond substituents is 1. The smallest absolute Gasteiger partial charge is 0.264 e. The lowest BCUT2D eigenvalue weighted by molar-refractivity contribution is 0.469. The minimum atomic E-state index is -0.566. The van der Waals surface area contributed by atoms with Crippen LogP contribution in [0.2, 0.25) is 0 Å². The van der Waals surface area contributed by atoms with Gasteiger partial charge in [0.05, 0.1) is 9.26 Å². The van der Waals surface area contributed by atoms with Gasteiger partial charge >= 0.3 is 0 Å². The zero-order valence-electron chi connectivity index (χ0n) is 9.78. The van der Waals surface area contributed by atoms with Gasteiger partial charge in [0.2, 0.25) is 0 Å². The van der Waals surface area contributed by atoms with Gasteiger partial charge in [-0.15, -0.1) is 0 Å². The summed E-state index contributed by atoms with van der Waals surface area (Å²) in [5, 5.41) is 9.41. The average Bonchev–Trinajstić information content (AvgIpc) is 3.15. The van der Waals surface area contributed by atoms with Crippen molar-refractivity contribution in [2.24, 2.45) is 0 Å². The highest BCUT2D eigenvalue weighted by Crippen LogP contribution is 2.40. The summed E-state index contributed by atoms with van der Waals surface area (Å²) in [5.74, 6) is -0.134. The lowest BCUT2D eigenvalue weighted by Gasteiger charge is -2.06. The predicted molar refractivity (Wildman–Crippen MR) is 76.6 cm³/mol. The molecular formula is C13H10FIN2O2. The van der Waals surface area contributed by atoms with Crippen molar-refractivity contribution in [1.29, 1.82) is 0 Å². The summed E-state index contributed by atoms with van der Waals surface area (Å²) < 4.78 is 13.9. The molecule has 0 spiro atoms. The Bertz CT molecular complexity index is 690. The Kier molecular flexibility index (Phi) is 3.04. The summed E-state index contributed by atoms with van der Waals surface area (Å²) >= 11 is 1.98. The molecule has 0 amide bonds. The van der Waals surface area contributed by atoms with Gasteiger partial charge in [0.1, 0.15) is 17.4 Å². The van der Waals surface area contributed by atoms with E-state index in [0.717, 1.165) is 24.6 Å². The molecule has 1 aliphatic rings. The van der Waals surface area contributed by atoms with Crippen LogP contribution in [0.3, 0.4) is 0 Å². The van der Waals surface area contributed by atoms with Crippen molar-refractivity contribution in [3.8, 4) is 17.1 Å². The number of H-pyrrole nitrogens is 1. The molecule has 1 saturated carbocycles. The molecule has 6 heteroatoms. The molecule has 1 heterocycles. The molecule has 0 unspecified atom stereocenters. The van der Waals surface area contributed by atoms with E-state index in [4.69, 9.17) is 0 Å². The summed E-state index contributed by atoms with van der Waals surface area (Å²) in [4.78, 5) is 18.9. The Labute approximate surface area is 121 Å². The van der Waals surface area contributed by atoms with Crippen molar-refractivity contribution in [3.63, 3.8) is 0 Å². The number of aromatic amines is 1. The Morgan fingerprint density at radius 3 is 2.74 bits per heavy atom. The third-order valence-electron chi connectivity index (χ3n) is 3.01. The molecule has 1 fully saturated rings. The van der Waals surface area contributed by atoms with Crippen molar-refractivity contribution in [2.75, 3.05) is 0 Å². The summed E-state index contributed by atoms with van der Waals surface area (Å²) in [6.07, 6.45) is 2.06. The second-order valence-corrected chi connectivity index (χ2v) is 5.66. The van der Waals surface area contributed by atoms with Crippen LogP contribution in [0.5, 0.6) is 5.75 Å². The molecular weight excluding hydrogens is 362 g/mol. The number of nitrogens with zero attached hydrogens (tertiary/aromatic N) is 1. The fourth-order valence-electron chi connectivity index (χ4n) is 1.95. The van der Waals surface area contributed by atoms with Crippen molar-refractivity contribution < 1.29 is 9.50 Å². The van der Waals surface area contributed by atoms with Crippen LogP contribution in [0.15, 0.2) is 23.0 Å². The topological polar surface area (TPSA) is 66.0 Å². The molecule has 2 N–H and O–H groups in total. The Balaban J connectivity index is 2.17. The second kappa shape index (κ2) is 4.59. The first-order valence-corrected chi connectivity index (χ1v) is 6.92. The first-order chi connectivity index (χ1) is 9.04. The summed E-state index contributed by atoms with van der Waals surface area (Å²) in [6.45, 7) is 0. The molecule has 4 nitrogen and oxygen atoms in total. The Morgan fingerprint density at radius 1 is 1.37 bits per heavy atom. The Hall–Kier alpha value is -1.44. The first-order valence-electron chi connectivity index (χ1n) is 5.84. The molecule has 0 saturated heterocycles. The van der Waals surface area contributed by atoms with E-state index in [1.54, 1.807) is 0 Å². The largest absolute Gasteiger partial charge is 0.508 e. The summed E-state index contributed by atoms with van der Waals surface area (Å²) in [6, 6.07) is 3.63.